The molecule has 1 aliphatic rings. The van der Waals surface area contributed by atoms with Gasteiger partial charge in [0.15, 0.2) is 0 Å². The molecule has 0 saturated heterocycles. The van der Waals surface area contributed by atoms with Crippen LogP contribution < -0.4 is 0 Å². The van der Waals surface area contributed by atoms with Crippen LogP contribution in [0.3, 0.4) is 0 Å². The van der Waals surface area contributed by atoms with Gasteiger partial charge in [-0.05, 0) is 31.1 Å². The summed E-state index contributed by atoms with van der Waals surface area (Å²) in [5, 5.41) is 9.04. The number of nitrogens with zero attached hydrogens (tertiary/aromatic N) is 2. The van der Waals surface area contributed by atoms with E-state index in [4.69, 9.17) is 9.84 Å². The van der Waals surface area contributed by atoms with Gasteiger partial charge in [-0.2, -0.15) is 0 Å². The van der Waals surface area contributed by atoms with Crippen molar-refractivity contribution < 1.29 is 14.6 Å². The Bertz CT molecular complexity index is 450. The first-order valence-electron chi connectivity index (χ1n) is 6.62. The zero-order chi connectivity index (χ0) is 13.9. The van der Waals surface area contributed by atoms with Crippen molar-refractivity contribution in [3.05, 3.63) is 23.8 Å². The van der Waals surface area contributed by atoms with Gasteiger partial charge in [-0.15, -0.1) is 0 Å². The minimum atomic E-state index is -1.01. The van der Waals surface area contributed by atoms with E-state index in [-0.39, 0.29) is 18.3 Å². The lowest BCUT2D eigenvalue weighted by Gasteiger charge is -2.34. The number of rotatable bonds is 4. The molecule has 1 aliphatic carbocycles. The maximum atomic E-state index is 11.0. The van der Waals surface area contributed by atoms with Gasteiger partial charge in [0.05, 0.1) is 18.4 Å². The third kappa shape index (κ3) is 3.73. The first kappa shape index (κ1) is 13.9. The van der Waals surface area contributed by atoms with Gasteiger partial charge in [0.2, 0.25) is 0 Å². The summed E-state index contributed by atoms with van der Waals surface area (Å²) in [5.74, 6) is -1.01. The number of carboxylic acids is 1. The largest absolute Gasteiger partial charge is 0.478 e. The smallest absolute Gasteiger partial charge is 0.339 e. The normalized spacial score (nSPS) is 19.3. The molecule has 1 N–H and O–H groups in total. The van der Waals surface area contributed by atoms with Crippen molar-refractivity contribution in [3.8, 4) is 0 Å². The van der Waals surface area contributed by atoms with E-state index in [0.29, 0.717) is 11.1 Å². The van der Waals surface area contributed by atoms with Gasteiger partial charge < -0.3 is 9.84 Å². The third-order valence-corrected chi connectivity index (χ3v) is 3.77. The second-order valence-corrected chi connectivity index (χ2v) is 5.86. The monoisotopic (exact) mass is 264 g/mol. The van der Waals surface area contributed by atoms with Crippen molar-refractivity contribution in [2.45, 2.75) is 52.2 Å². The predicted octanol–water partition coefficient (Wildman–Crippen LogP) is 2.66. The van der Waals surface area contributed by atoms with Crippen molar-refractivity contribution in [2.75, 3.05) is 0 Å². The number of hydrogen-bond donors (Lipinski definition) is 1. The van der Waals surface area contributed by atoms with Crippen LogP contribution in [-0.2, 0) is 11.3 Å². The number of carbonyl (C=O) groups is 1. The molecular formula is C14H20N2O3. The van der Waals surface area contributed by atoms with Crippen LogP contribution in [-0.4, -0.2) is 27.1 Å². The molecule has 19 heavy (non-hydrogen) atoms. The summed E-state index contributed by atoms with van der Waals surface area (Å²) in [5.41, 5.74) is 0.979. The molecule has 2 rings (SSSR count). The molecule has 104 valence electrons. The summed E-state index contributed by atoms with van der Waals surface area (Å²) in [6, 6.07) is 0. The van der Waals surface area contributed by atoms with E-state index in [0.717, 1.165) is 25.7 Å². The molecule has 1 saturated carbocycles. The summed E-state index contributed by atoms with van der Waals surface area (Å²) in [4.78, 5) is 18.8. The Kier molecular flexibility index (Phi) is 4.14. The highest BCUT2D eigenvalue weighted by atomic mass is 16.5. The minimum Gasteiger partial charge on any atom is -0.478 e. The lowest BCUT2D eigenvalue weighted by molar-refractivity contribution is -0.00734. The molecule has 5 nitrogen and oxygen atoms in total. The maximum absolute atomic E-state index is 11.0. The maximum Gasteiger partial charge on any atom is 0.339 e. The molecular weight excluding hydrogens is 244 g/mol. The quantitative estimate of drug-likeness (QED) is 0.905. The SMILES string of the molecule is CC1(C)CCC(OCc2ncncc2C(=O)O)CC1. The van der Waals surface area contributed by atoms with E-state index in [1.807, 2.05) is 0 Å². The molecule has 0 bridgehead atoms. The number of carboxylic acid groups (broad SMARTS) is 1. The second kappa shape index (κ2) is 5.65. The molecule has 1 aromatic rings. The van der Waals surface area contributed by atoms with E-state index in [2.05, 4.69) is 23.8 Å². The topological polar surface area (TPSA) is 72.3 Å². The van der Waals surface area contributed by atoms with Crippen molar-refractivity contribution >= 4 is 5.97 Å². The Morgan fingerprint density at radius 2 is 2.16 bits per heavy atom. The van der Waals surface area contributed by atoms with Gasteiger partial charge in [-0.25, -0.2) is 14.8 Å². The predicted molar refractivity (Wildman–Crippen MR) is 69.8 cm³/mol. The van der Waals surface area contributed by atoms with Crippen molar-refractivity contribution in [1.82, 2.24) is 9.97 Å². The molecule has 1 heterocycles. The Hall–Kier alpha value is -1.49. The van der Waals surface area contributed by atoms with E-state index in [1.165, 1.54) is 12.5 Å². The fourth-order valence-corrected chi connectivity index (χ4v) is 2.38. The molecule has 0 spiro atoms. The van der Waals surface area contributed by atoms with Crippen LogP contribution in [0.1, 0.15) is 55.6 Å². The fourth-order valence-electron chi connectivity index (χ4n) is 2.38. The summed E-state index contributed by atoms with van der Waals surface area (Å²) in [6.45, 7) is 4.79. The van der Waals surface area contributed by atoms with Gasteiger partial charge in [-0.1, -0.05) is 13.8 Å². The first-order chi connectivity index (χ1) is 8.98. The lowest BCUT2D eigenvalue weighted by Crippen LogP contribution is -2.26. The summed E-state index contributed by atoms with van der Waals surface area (Å²) < 4.78 is 5.80. The Morgan fingerprint density at radius 3 is 2.79 bits per heavy atom. The zero-order valence-corrected chi connectivity index (χ0v) is 11.4. The van der Waals surface area contributed by atoms with E-state index in [9.17, 15) is 4.79 Å². The molecule has 0 unspecified atom stereocenters. The molecule has 0 atom stereocenters. The molecule has 1 aromatic heterocycles. The van der Waals surface area contributed by atoms with Gasteiger partial charge in [0, 0.05) is 6.20 Å². The number of aromatic nitrogens is 2. The minimum absolute atomic E-state index is 0.124. The van der Waals surface area contributed by atoms with Crippen LogP contribution in [0.4, 0.5) is 0 Å². The summed E-state index contributed by atoms with van der Waals surface area (Å²) in [6.07, 6.45) is 7.24. The van der Waals surface area contributed by atoms with Crippen molar-refractivity contribution in [3.63, 3.8) is 0 Å². The van der Waals surface area contributed by atoms with E-state index >= 15 is 0 Å². The first-order valence-corrected chi connectivity index (χ1v) is 6.62. The van der Waals surface area contributed by atoms with Gasteiger partial charge in [-0.3, -0.25) is 0 Å². The van der Waals surface area contributed by atoms with Crippen LogP contribution in [0.5, 0.6) is 0 Å². The van der Waals surface area contributed by atoms with Crippen LogP contribution in [0.2, 0.25) is 0 Å². The zero-order valence-electron chi connectivity index (χ0n) is 11.4. The Balaban J connectivity index is 1.91. The van der Waals surface area contributed by atoms with Crippen LogP contribution >= 0.6 is 0 Å². The van der Waals surface area contributed by atoms with E-state index < -0.39 is 5.97 Å². The van der Waals surface area contributed by atoms with Gasteiger partial charge in [0.25, 0.3) is 0 Å². The molecule has 5 heteroatoms. The fraction of sp³-hybridized carbons (Fsp3) is 0.643. The van der Waals surface area contributed by atoms with Crippen molar-refractivity contribution in [1.29, 1.82) is 0 Å². The number of ether oxygens (including phenoxy) is 1. The lowest BCUT2D eigenvalue weighted by atomic mass is 9.76. The molecule has 0 radical (unpaired) electrons. The molecule has 0 aromatic carbocycles. The van der Waals surface area contributed by atoms with Crippen LogP contribution in [0.15, 0.2) is 12.5 Å². The highest BCUT2D eigenvalue weighted by molar-refractivity contribution is 5.88. The second-order valence-electron chi connectivity index (χ2n) is 5.86. The average molecular weight is 264 g/mol. The highest BCUT2D eigenvalue weighted by Crippen LogP contribution is 2.36. The number of aromatic carboxylic acids is 1. The Labute approximate surface area is 113 Å². The number of hydrogen-bond acceptors (Lipinski definition) is 4. The third-order valence-electron chi connectivity index (χ3n) is 3.77. The van der Waals surface area contributed by atoms with E-state index in [1.54, 1.807) is 0 Å². The summed E-state index contributed by atoms with van der Waals surface area (Å²) >= 11 is 0. The molecule has 1 fully saturated rings. The van der Waals surface area contributed by atoms with Crippen LogP contribution in [0.25, 0.3) is 0 Å². The highest BCUT2D eigenvalue weighted by Gasteiger charge is 2.27. The standard InChI is InChI=1S/C14H20N2O3/c1-14(2)5-3-10(4-6-14)19-8-12-11(13(17)18)7-15-9-16-12/h7,9-10H,3-6,8H2,1-2H3,(H,17,18). The van der Waals surface area contributed by atoms with Crippen LogP contribution in [0, 0.1) is 5.41 Å². The van der Waals surface area contributed by atoms with Crippen molar-refractivity contribution in [2.24, 2.45) is 5.41 Å². The average Bonchev–Trinajstić information content (AvgIpc) is 2.38. The summed E-state index contributed by atoms with van der Waals surface area (Å²) in [7, 11) is 0. The van der Waals surface area contributed by atoms with Gasteiger partial charge >= 0.3 is 5.97 Å². The Morgan fingerprint density at radius 1 is 1.47 bits per heavy atom. The van der Waals surface area contributed by atoms with Gasteiger partial charge in [0.1, 0.15) is 11.9 Å². The molecule has 0 aliphatic heterocycles. The molecule has 0 amide bonds.